The Balaban J connectivity index is 2.00. The predicted molar refractivity (Wildman–Crippen MR) is 113 cm³/mol. The maximum Gasteiger partial charge on any atom is 0.416 e. The van der Waals surface area contributed by atoms with Crippen LogP contribution in [0.15, 0.2) is 60.9 Å². The Morgan fingerprint density at radius 3 is 1.81 bits per heavy atom. The van der Waals surface area contributed by atoms with E-state index in [4.69, 9.17) is 0 Å². The largest absolute Gasteiger partial charge is 0.507 e. The highest BCUT2D eigenvalue weighted by molar-refractivity contribution is 5.48. The first-order chi connectivity index (χ1) is 14.5. The van der Waals surface area contributed by atoms with Crippen LogP contribution in [0.3, 0.4) is 0 Å². The van der Waals surface area contributed by atoms with Gasteiger partial charge in [0.05, 0.1) is 17.0 Å². The zero-order valence-corrected chi connectivity index (χ0v) is 17.8. The van der Waals surface area contributed by atoms with Crippen molar-refractivity contribution < 1.29 is 18.3 Å². The third kappa shape index (κ3) is 6.04. The summed E-state index contributed by atoms with van der Waals surface area (Å²) in [5.41, 5.74) is 0.648. The molecule has 164 valence electrons. The molecule has 0 unspecified atom stereocenters. The summed E-state index contributed by atoms with van der Waals surface area (Å²) in [4.78, 5) is 10.6. The lowest BCUT2D eigenvalue weighted by atomic mass is 9.84. The minimum Gasteiger partial charge on any atom is -0.507 e. The number of phenolic OH excluding ortho intramolecular Hbond substituents is 1. The standard InChI is InChI=1S/C24H26F3N3O/c1-23(2,3)21-13-18(24(25,26)27)12-17(22(21)31)14-30(15-19-8-4-6-10-28-19)16-20-9-5-7-11-29-20/h4-13,31H,14-16H2,1-3H3. The van der Waals surface area contributed by atoms with Crippen LogP contribution < -0.4 is 0 Å². The van der Waals surface area contributed by atoms with Crippen molar-refractivity contribution in [1.29, 1.82) is 0 Å². The number of pyridine rings is 2. The molecule has 3 aromatic rings. The molecule has 0 aliphatic heterocycles. The number of aromatic hydroxyl groups is 1. The molecule has 0 radical (unpaired) electrons. The van der Waals surface area contributed by atoms with E-state index >= 15 is 0 Å². The number of aromatic nitrogens is 2. The molecule has 7 heteroatoms. The Morgan fingerprint density at radius 2 is 1.39 bits per heavy atom. The predicted octanol–water partition coefficient (Wildman–Crippen LogP) is 5.70. The van der Waals surface area contributed by atoms with E-state index in [1.165, 1.54) is 0 Å². The monoisotopic (exact) mass is 429 g/mol. The molecule has 2 aromatic heterocycles. The van der Waals surface area contributed by atoms with E-state index < -0.39 is 17.2 Å². The molecular formula is C24H26F3N3O. The van der Waals surface area contributed by atoms with Crippen molar-refractivity contribution in [3.05, 3.63) is 89.0 Å². The van der Waals surface area contributed by atoms with Crippen LogP contribution in [0.1, 0.15) is 48.8 Å². The lowest BCUT2D eigenvalue weighted by Gasteiger charge is -2.27. The normalized spacial score (nSPS) is 12.4. The third-order valence-electron chi connectivity index (χ3n) is 4.94. The van der Waals surface area contributed by atoms with Crippen molar-refractivity contribution in [3.8, 4) is 5.75 Å². The fraction of sp³-hybridized carbons (Fsp3) is 0.333. The molecule has 3 rings (SSSR count). The zero-order chi connectivity index (χ0) is 22.6. The molecule has 0 saturated carbocycles. The van der Waals surface area contributed by atoms with Gasteiger partial charge in [0.2, 0.25) is 0 Å². The van der Waals surface area contributed by atoms with Crippen LogP contribution >= 0.6 is 0 Å². The first kappa shape index (κ1) is 22.7. The third-order valence-corrected chi connectivity index (χ3v) is 4.94. The van der Waals surface area contributed by atoms with Crippen molar-refractivity contribution in [2.24, 2.45) is 0 Å². The molecule has 4 nitrogen and oxygen atoms in total. The molecule has 1 aromatic carbocycles. The van der Waals surface area contributed by atoms with Gasteiger partial charge in [0.25, 0.3) is 0 Å². The maximum atomic E-state index is 13.6. The molecule has 31 heavy (non-hydrogen) atoms. The highest BCUT2D eigenvalue weighted by Crippen LogP contribution is 2.40. The SMILES string of the molecule is CC(C)(C)c1cc(C(F)(F)F)cc(CN(Cc2ccccn2)Cc2ccccn2)c1O. The minimum absolute atomic E-state index is 0.104. The number of rotatable bonds is 6. The highest BCUT2D eigenvalue weighted by Gasteiger charge is 2.34. The number of alkyl halides is 3. The Hall–Kier alpha value is -2.93. The topological polar surface area (TPSA) is 49.2 Å². The van der Waals surface area contributed by atoms with E-state index in [0.29, 0.717) is 13.1 Å². The summed E-state index contributed by atoms with van der Waals surface area (Å²) in [5.74, 6) is -0.104. The van der Waals surface area contributed by atoms with Gasteiger partial charge in [0.1, 0.15) is 5.75 Å². The molecule has 0 aliphatic rings. The number of nitrogens with zero attached hydrogens (tertiary/aromatic N) is 3. The maximum absolute atomic E-state index is 13.6. The molecule has 0 bridgehead atoms. The highest BCUT2D eigenvalue weighted by atomic mass is 19.4. The summed E-state index contributed by atoms with van der Waals surface area (Å²) < 4.78 is 40.8. The van der Waals surface area contributed by atoms with Gasteiger partial charge in [-0.05, 0) is 41.8 Å². The van der Waals surface area contributed by atoms with Crippen LogP contribution in [0.4, 0.5) is 13.2 Å². The average molecular weight is 429 g/mol. The van der Waals surface area contributed by atoms with Gasteiger partial charge in [-0.2, -0.15) is 13.2 Å². The molecule has 0 fully saturated rings. The summed E-state index contributed by atoms with van der Waals surface area (Å²) in [6.07, 6.45) is -1.16. The van der Waals surface area contributed by atoms with Crippen molar-refractivity contribution in [1.82, 2.24) is 14.9 Å². The molecule has 0 amide bonds. The zero-order valence-electron chi connectivity index (χ0n) is 17.8. The number of phenols is 1. The minimum atomic E-state index is -4.50. The van der Waals surface area contributed by atoms with Gasteiger partial charge in [0.15, 0.2) is 0 Å². The first-order valence-corrected chi connectivity index (χ1v) is 10.00. The Morgan fingerprint density at radius 1 is 0.839 bits per heavy atom. The van der Waals surface area contributed by atoms with Gasteiger partial charge in [-0.3, -0.25) is 14.9 Å². The van der Waals surface area contributed by atoms with Gasteiger partial charge in [-0.1, -0.05) is 32.9 Å². The average Bonchev–Trinajstić information content (AvgIpc) is 2.69. The summed E-state index contributed by atoms with van der Waals surface area (Å²) in [6.45, 7) is 6.27. The molecule has 0 saturated heterocycles. The Bertz CT molecular complexity index is 959. The summed E-state index contributed by atoms with van der Waals surface area (Å²) >= 11 is 0. The fourth-order valence-electron chi connectivity index (χ4n) is 3.40. The van der Waals surface area contributed by atoms with E-state index in [1.807, 2.05) is 29.2 Å². The van der Waals surface area contributed by atoms with Crippen molar-refractivity contribution >= 4 is 0 Å². The van der Waals surface area contributed by atoms with Crippen LogP contribution in [0.2, 0.25) is 0 Å². The van der Waals surface area contributed by atoms with Crippen LogP contribution in [-0.2, 0) is 31.2 Å². The van der Waals surface area contributed by atoms with Crippen LogP contribution in [-0.4, -0.2) is 20.0 Å². The van der Waals surface area contributed by atoms with Gasteiger partial charge in [0, 0.05) is 43.2 Å². The number of halogens is 3. The molecule has 0 spiro atoms. The molecule has 0 atom stereocenters. The van der Waals surface area contributed by atoms with E-state index in [0.717, 1.165) is 23.5 Å². The molecule has 1 N–H and O–H groups in total. The first-order valence-electron chi connectivity index (χ1n) is 10.00. The second kappa shape index (κ2) is 9.06. The van der Waals surface area contributed by atoms with Crippen LogP contribution in [0.5, 0.6) is 5.75 Å². The quantitative estimate of drug-likeness (QED) is 0.546. The summed E-state index contributed by atoms with van der Waals surface area (Å²) in [6, 6.07) is 13.1. The lowest BCUT2D eigenvalue weighted by molar-refractivity contribution is -0.137. The second-order valence-electron chi connectivity index (χ2n) is 8.57. The van der Waals surface area contributed by atoms with Crippen molar-refractivity contribution in [3.63, 3.8) is 0 Å². The van der Waals surface area contributed by atoms with Crippen molar-refractivity contribution in [2.75, 3.05) is 0 Å². The van der Waals surface area contributed by atoms with E-state index in [1.54, 1.807) is 45.3 Å². The number of benzene rings is 1. The van der Waals surface area contributed by atoms with Crippen LogP contribution in [0.25, 0.3) is 0 Å². The smallest absolute Gasteiger partial charge is 0.416 e. The molecular weight excluding hydrogens is 403 g/mol. The molecule has 0 aliphatic carbocycles. The van der Waals surface area contributed by atoms with Gasteiger partial charge >= 0.3 is 6.18 Å². The Labute approximate surface area is 180 Å². The van der Waals surface area contributed by atoms with Crippen molar-refractivity contribution in [2.45, 2.75) is 52.0 Å². The van der Waals surface area contributed by atoms with Gasteiger partial charge < -0.3 is 5.11 Å². The second-order valence-corrected chi connectivity index (χ2v) is 8.57. The van der Waals surface area contributed by atoms with E-state index in [-0.39, 0.29) is 23.4 Å². The van der Waals surface area contributed by atoms with Gasteiger partial charge in [-0.25, -0.2) is 0 Å². The summed E-state index contributed by atoms with van der Waals surface area (Å²) in [7, 11) is 0. The number of hydrogen-bond donors (Lipinski definition) is 1. The summed E-state index contributed by atoms with van der Waals surface area (Å²) in [5, 5.41) is 10.9. The van der Waals surface area contributed by atoms with E-state index in [2.05, 4.69) is 9.97 Å². The number of hydrogen-bond acceptors (Lipinski definition) is 4. The Kier molecular flexibility index (Phi) is 6.65. The van der Waals surface area contributed by atoms with Crippen LogP contribution in [0, 0.1) is 0 Å². The molecule has 2 heterocycles. The lowest BCUT2D eigenvalue weighted by Crippen LogP contribution is -2.24. The van der Waals surface area contributed by atoms with E-state index in [9.17, 15) is 18.3 Å². The fourth-order valence-corrected chi connectivity index (χ4v) is 3.40. The van der Waals surface area contributed by atoms with Gasteiger partial charge in [-0.15, -0.1) is 0 Å².